The highest BCUT2D eigenvalue weighted by atomic mass is 15.3. The van der Waals surface area contributed by atoms with Crippen LogP contribution in [-0.4, -0.2) is 24.7 Å². The quantitative estimate of drug-likeness (QED) is 0.664. The van der Waals surface area contributed by atoms with E-state index in [2.05, 4.69) is 20.1 Å². The van der Waals surface area contributed by atoms with Crippen LogP contribution < -0.4 is 11.5 Å². The largest absolute Gasteiger partial charge is 0.368 e. The molecule has 2 aromatic heterocycles. The highest BCUT2D eigenvalue weighted by Gasteiger charge is 2.09. The first-order valence-corrected chi connectivity index (χ1v) is 4.34. The summed E-state index contributed by atoms with van der Waals surface area (Å²) in [4.78, 5) is 11.7. The van der Waals surface area contributed by atoms with Gasteiger partial charge in [-0.05, 0) is 13.0 Å². The minimum atomic E-state index is 0.108. The second-order valence-electron chi connectivity index (χ2n) is 3.17. The molecule has 0 spiro atoms. The minimum Gasteiger partial charge on any atom is -0.368 e. The van der Waals surface area contributed by atoms with Gasteiger partial charge in [0, 0.05) is 7.05 Å². The summed E-state index contributed by atoms with van der Waals surface area (Å²) in [5, 5.41) is 4.18. The molecule has 0 atom stereocenters. The van der Waals surface area contributed by atoms with Gasteiger partial charge in [-0.1, -0.05) is 0 Å². The zero-order chi connectivity index (χ0) is 11.0. The second-order valence-corrected chi connectivity index (χ2v) is 3.17. The van der Waals surface area contributed by atoms with Crippen molar-refractivity contribution in [3.63, 3.8) is 0 Å². The van der Waals surface area contributed by atoms with Crippen LogP contribution in [0.2, 0.25) is 0 Å². The summed E-state index contributed by atoms with van der Waals surface area (Å²) in [6.45, 7) is 1.89. The SMILES string of the molecule is Cc1cc(-c2nc(N)nc(N)n2)n(C)n1. The van der Waals surface area contributed by atoms with Gasteiger partial charge in [-0.25, -0.2) is 0 Å². The van der Waals surface area contributed by atoms with Crippen LogP contribution in [0.3, 0.4) is 0 Å². The van der Waals surface area contributed by atoms with Crippen molar-refractivity contribution < 1.29 is 0 Å². The Morgan fingerprint density at radius 3 is 2.20 bits per heavy atom. The second kappa shape index (κ2) is 3.19. The number of nitrogen functional groups attached to an aromatic ring is 2. The number of rotatable bonds is 1. The van der Waals surface area contributed by atoms with Crippen molar-refractivity contribution in [1.82, 2.24) is 24.7 Å². The molecule has 0 fully saturated rings. The Hall–Kier alpha value is -2.18. The van der Waals surface area contributed by atoms with Crippen LogP contribution >= 0.6 is 0 Å². The third-order valence-corrected chi connectivity index (χ3v) is 1.90. The molecule has 78 valence electrons. The molecule has 2 rings (SSSR count). The molecule has 0 bridgehead atoms. The molecule has 0 saturated heterocycles. The average molecular weight is 205 g/mol. The Labute approximate surface area is 86.2 Å². The van der Waals surface area contributed by atoms with Crippen LogP contribution in [0.1, 0.15) is 5.69 Å². The van der Waals surface area contributed by atoms with Gasteiger partial charge < -0.3 is 11.5 Å². The predicted octanol–water partition coefficient (Wildman–Crippen LogP) is -0.255. The van der Waals surface area contributed by atoms with Gasteiger partial charge in [0.25, 0.3) is 0 Å². The van der Waals surface area contributed by atoms with Gasteiger partial charge in [0.05, 0.1) is 5.69 Å². The van der Waals surface area contributed by atoms with Crippen molar-refractivity contribution in [2.75, 3.05) is 11.5 Å². The summed E-state index contributed by atoms with van der Waals surface area (Å²) in [6.07, 6.45) is 0. The Balaban J connectivity index is 2.58. The molecule has 15 heavy (non-hydrogen) atoms. The van der Waals surface area contributed by atoms with Gasteiger partial charge in [0.2, 0.25) is 11.9 Å². The fourth-order valence-corrected chi connectivity index (χ4v) is 1.34. The van der Waals surface area contributed by atoms with Gasteiger partial charge in [-0.2, -0.15) is 20.1 Å². The normalized spacial score (nSPS) is 10.5. The standard InChI is InChI=1S/C8H11N7/c1-4-3-5(15(2)14-4)6-11-7(9)13-8(10)12-6/h3H,1-2H3,(H4,9,10,11,12,13). The van der Waals surface area contributed by atoms with E-state index >= 15 is 0 Å². The Morgan fingerprint density at radius 1 is 1.13 bits per heavy atom. The number of aromatic nitrogens is 5. The van der Waals surface area contributed by atoms with E-state index in [1.54, 1.807) is 11.7 Å². The van der Waals surface area contributed by atoms with Crippen molar-refractivity contribution in [1.29, 1.82) is 0 Å². The third-order valence-electron chi connectivity index (χ3n) is 1.90. The molecule has 0 aromatic carbocycles. The van der Waals surface area contributed by atoms with Crippen LogP contribution in [0.25, 0.3) is 11.5 Å². The zero-order valence-electron chi connectivity index (χ0n) is 8.47. The van der Waals surface area contributed by atoms with E-state index in [0.717, 1.165) is 11.4 Å². The minimum absolute atomic E-state index is 0.108. The molecule has 0 saturated carbocycles. The summed E-state index contributed by atoms with van der Waals surface area (Å²) in [7, 11) is 1.80. The zero-order valence-corrected chi connectivity index (χ0v) is 8.47. The first-order chi connectivity index (χ1) is 7.06. The van der Waals surface area contributed by atoms with E-state index in [1.165, 1.54) is 0 Å². The fraction of sp³-hybridized carbons (Fsp3) is 0.250. The molecule has 4 N–H and O–H groups in total. The van der Waals surface area contributed by atoms with Crippen molar-refractivity contribution in [2.45, 2.75) is 6.92 Å². The molecule has 7 nitrogen and oxygen atoms in total. The van der Waals surface area contributed by atoms with E-state index in [1.807, 2.05) is 13.0 Å². The number of nitrogens with zero attached hydrogens (tertiary/aromatic N) is 5. The molecule has 0 radical (unpaired) electrons. The van der Waals surface area contributed by atoms with Crippen LogP contribution in [0.5, 0.6) is 0 Å². The Bertz CT molecular complexity index is 481. The highest BCUT2D eigenvalue weighted by molar-refractivity contribution is 5.53. The Kier molecular flexibility index (Phi) is 2.00. The molecule has 0 aliphatic carbocycles. The number of aryl methyl sites for hydroxylation is 2. The van der Waals surface area contributed by atoms with Crippen molar-refractivity contribution in [3.05, 3.63) is 11.8 Å². The summed E-state index contributed by atoms with van der Waals surface area (Å²) in [5.41, 5.74) is 12.6. The Morgan fingerprint density at radius 2 is 1.73 bits per heavy atom. The van der Waals surface area contributed by atoms with Crippen LogP contribution in [0.15, 0.2) is 6.07 Å². The average Bonchev–Trinajstić information content (AvgIpc) is 2.43. The van der Waals surface area contributed by atoms with Crippen LogP contribution in [-0.2, 0) is 7.05 Å². The first-order valence-electron chi connectivity index (χ1n) is 4.34. The topological polar surface area (TPSA) is 109 Å². The summed E-state index contributed by atoms with van der Waals surface area (Å²) in [6, 6.07) is 1.86. The lowest BCUT2D eigenvalue weighted by Crippen LogP contribution is -2.06. The van der Waals surface area contributed by atoms with E-state index in [-0.39, 0.29) is 11.9 Å². The molecule has 0 aliphatic rings. The van der Waals surface area contributed by atoms with Gasteiger partial charge >= 0.3 is 0 Å². The maximum Gasteiger partial charge on any atom is 0.225 e. The van der Waals surface area contributed by atoms with Gasteiger partial charge in [-0.3, -0.25) is 4.68 Å². The highest BCUT2D eigenvalue weighted by Crippen LogP contribution is 2.16. The van der Waals surface area contributed by atoms with Crippen LogP contribution in [0.4, 0.5) is 11.9 Å². The molecule has 0 aliphatic heterocycles. The summed E-state index contributed by atoms with van der Waals surface area (Å²) in [5.74, 6) is 0.649. The predicted molar refractivity (Wildman–Crippen MR) is 55.6 cm³/mol. The van der Waals surface area contributed by atoms with Crippen molar-refractivity contribution >= 4 is 11.9 Å². The number of anilines is 2. The van der Waals surface area contributed by atoms with Crippen LogP contribution in [0, 0.1) is 6.92 Å². The lowest BCUT2D eigenvalue weighted by molar-refractivity contribution is 0.758. The lowest BCUT2D eigenvalue weighted by atomic mass is 10.3. The first kappa shape index (κ1) is 9.38. The smallest absolute Gasteiger partial charge is 0.225 e. The number of nitrogens with two attached hydrogens (primary N) is 2. The summed E-state index contributed by atoms with van der Waals surface area (Å²) >= 11 is 0. The van der Waals surface area contributed by atoms with Gasteiger partial charge in [0.15, 0.2) is 5.82 Å². The van der Waals surface area contributed by atoms with E-state index in [9.17, 15) is 0 Å². The van der Waals surface area contributed by atoms with Crippen molar-refractivity contribution in [3.8, 4) is 11.5 Å². The van der Waals surface area contributed by atoms with E-state index in [4.69, 9.17) is 11.5 Å². The summed E-state index contributed by atoms with van der Waals surface area (Å²) < 4.78 is 1.67. The number of hydrogen-bond acceptors (Lipinski definition) is 6. The fourth-order valence-electron chi connectivity index (χ4n) is 1.34. The molecular formula is C8H11N7. The molecule has 7 heteroatoms. The molecule has 0 unspecified atom stereocenters. The molecular weight excluding hydrogens is 194 g/mol. The molecule has 2 aromatic rings. The van der Waals surface area contributed by atoms with Crippen molar-refractivity contribution in [2.24, 2.45) is 7.05 Å². The monoisotopic (exact) mass is 205 g/mol. The van der Waals surface area contributed by atoms with Gasteiger partial charge in [-0.15, -0.1) is 0 Å². The number of hydrogen-bond donors (Lipinski definition) is 2. The third kappa shape index (κ3) is 1.71. The molecule has 2 heterocycles. The van der Waals surface area contributed by atoms with Gasteiger partial charge in [0.1, 0.15) is 5.69 Å². The molecule has 0 amide bonds. The maximum absolute atomic E-state index is 5.48. The lowest BCUT2D eigenvalue weighted by Gasteiger charge is -2.01. The maximum atomic E-state index is 5.48. The van der Waals surface area contributed by atoms with E-state index < -0.39 is 0 Å². The van der Waals surface area contributed by atoms with E-state index in [0.29, 0.717) is 5.82 Å².